The average molecular weight is 942 g/mol. The second kappa shape index (κ2) is 56.2. The van der Waals surface area contributed by atoms with Gasteiger partial charge < -0.3 is 14.2 Å². The molecule has 0 aromatic heterocycles. The summed E-state index contributed by atoms with van der Waals surface area (Å²) < 4.78 is 16.8. The Morgan fingerprint density at radius 2 is 0.537 bits per heavy atom. The maximum atomic E-state index is 12.8. The first-order valence-electron chi connectivity index (χ1n) is 29.5. The zero-order valence-corrected chi connectivity index (χ0v) is 44.9. The molecule has 0 radical (unpaired) electrons. The molecular weight excluding hydrogens is 829 g/mol. The molecule has 0 saturated heterocycles. The number of ether oxygens (including phenoxy) is 3. The zero-order valence-electron chi connectivity index (χ0n) is 44.9. The highest BCUT2D eigenvalue weighted by molar-refractivity contribution is 5.71. The van der Waals surface area contributed by atoms with Crippen LogP contribution in [0.5, 0.6) is 0 Å². The van der Waals surface area contributed by atoms with Gasteiger partial charge in [-0.1, -0.05) is 276 Å². The van der Waals surface area contributed by atoms with Gasteiger partial charge in [-0.2, -0.15) is 0 Å². The number of rotatable bonds is 54. The molecule has 0 amide bonds. The van der Waals surface area contributed by atoms with Gasteiger partial charge in [0.2, 0.25) is 0 Å². The lowest BCUT2D eigenvalue weighted by Crippen LogP contribution is -2.30. The summed E-state index contributed by atoms with van der Waals surface area (Å²) in [5, 5.41) is 0. The standard InChI is InChI=1S/C61H112O6/c1-4-7-10-13-16-19-21-23-25-26-27-28-29-30-31-32-33-34-35-36-37-39-40-42-45-48-51-54-60(63)66-57-58(56-65-59(62)53-50-47-44-18-15-12-9-6-3)67-61(64)55-52-49-46-43-41-38-24-22-20-17-14-11-8-5-2/h21,23,26-27,29-30,58H,4-20,22,24-25,28,31-57H2,1-3H3/b23-21-,27-26-,30-29-. The molecule has 0 aromatic carbocycles. The van der Waals surface area contributed by atoms with Crippen LogP contribution in [0.2, 0.25) is 0 Å². The molecule has 67 heavy (non-hydrogen) atoms. The van der Waals surface area contributed by atoms with E-state index in [0.29, 0.717) is 19.3 Å². The van der Waals surface area contributed by atoms with Crippen molar-refractivity contribution in [2.45, 2.75) is 322 Å². The highest BCUT2D eigenvalue weighted by Crippen LogP contribution is 2.17. The van der Waals surface area contributed by atoms with Crippen molar-refractivity contribution in [1.82, 2.24) is 0 Å². The van der Waals surface area contributed by atoms with Gasteiger partial charge in [0, 0.05) is 19.3 Å². The molecule has 0 fully saturated rings. The number of allylic oxidation sites excluding steroid dienone is 6. The van der Waals surface area contributed by atoms with Crippen molar-refractivity contribution in [3.05, 3.63) is 36.5 Å². The third-order valence-electron chi connectivity index (χ3n) is 13.1. The second-order valence-electron chi connectivity index (χ2n) is 19.9. The first-order chi connectivity index (χ1) is 33.0. The van der Waals surface area contributed by atoms with Gasteiger partial charge in [0.25, 0.3) is 0 Å². The lowest BCUT2D eigenvalue weighted by atomic mass is 10.0. The lowest BCUT2D eigenvalue weighted by Gasteiger charge is -2.18. The molecule has 0 aliphatic heterocycles. The van der Waals surface area contributed by atoms with E-state index in [1.54, 1.807) is 0 Å². The molecule has 0 aliphatic carbocycles. The van der Waals surface area contributed by atoms with E-state index in [9.17, 15) is 14.4 Å². The van der Waals surface area contributed by atoms with Crippen molar-refractivity contribution >= 4 is 17.9 Å². The topological polar surface area (TPSA) is 78.9 Å². The molecule has 1 unspecified atom stereocenters. The minimum atomic E-state index is -0.766. The molecule has 0 rings (SSSR count). The Morgan fingerprint density at radius 1 is 0.299 bits per heavy atom. The highest BCUT2D eigenvalue weighted by atomic mass is 16.6. The summed E-state index contributed by atoms with van der Waals surface area (Å²) in [6.45, 7) is 6.63. The largest absolute Gasteiger partial charge is 0.462 e. The molecular formula is C61H112O6. The Bertz CT molecular complexity index is 1130. The average Bonchev–Trinajstić information content (AvgIpc) is 3.33. The summed E-state index contributed by atoms with van der Waals surface area (Å²) in [6, 6.07) is 0. The predicted octanol–water partition coefficient (Wildman–Crippen LogP) is 19.7. The molecule has 1 atom stereocenters. The van der Waals surface area contributed by atoms with Crippen LogP contribution in [0.25, 0.3) is 0 Å². The highest BCUT2D eigenvalue weighted by Gasteiger charge is 2.19. The van der Waals surface area contributed by atoms with Crippen LogP contribution in [0.3, 0.4) is 0 Å². The van der Waals surface area contributed by atoms with Crippen LogP contribution in [0.15, 0.2) is 36.5 Å². The fourth-order valence-corrected chi connectivity index (χ4v) is 8.69. The van der Waals surface area contributed by atoms with E-state index in [0.717, 1.165) is 70.6 Å². The number of carbonyl (C=O) groups excluding carboxylic acids is 3. The molecule has 392 valence electrons. The van der Waals surface area contributed by atoms with Crippen molar-refractivity contribution in [1.29, 1.82) is 0 Å². The number of hydrogen-bond donors (Lipinski definition) is 0. The third-order valence-corrected chi connectivity index (χ3v) is 13.1. The van der Waals surface area contributed by atoms with Crippen molar-refractivity contribution in [3.63, 3.8) is 0 Å². The first-order valence-corrected chi connectivity index (χ1v) is 29.5. The smallest absolute Gasteiger partial charge is 0.306 e. The van der Waals surface area contributed by atoms with Crippen molar-refractivity contribution < 1.29 is 28.6 Å². The summed E-state index contributed by atoms with van der Waals surface area (Å²) in [5.74, 6) is -0.857. The molecule has 0 spiro atoms. The first kappa shape index (κ1) is 64.6. The van der Waals surface area contributed by atoms with Gasteiger partial charge in [-0.25, -0.2) is 0 Å². The van der Waals surface area contributed by atoms with Gasteiger partial charge in [-0.15, -0.1) is 0 Å². The minimum absolute atomic E-state index is 0.0679. The SMILES string of the molecule is CCCCCCC/C=C\C/C=C\C/C=C\CCCCCCCCCCCCCCC(=O)OCC(COC(=O)CCCCCCCCCC)OC(=O)CCCCCCCCCCCCCCCC. The Labute approximate surface area is 416 Å². The second-order valence-corrected chi connectivity index (χ2v) is 19.9. The van der Waals surface area contributed by atoms with Crippen molar-refractivity contribution in [2.24, 2.45) is 0 Å². The van der Waals surface area contributed by atoms with Crippen LogP contribution in [0, 0.1) is 0 Å². The van der Waals surface area contributed by atoms with E-state index in [-0.39, 0.29) is 31.1 Å². The summed E-state index contributed by atoms with van der Waals surface area (Å²) >= 11 is 0. The van der Waals surface area contributed by atoms with Gasteiger partial charge in [0.1, 0.15) is 13.2 Å². The van der Waals surface area contributed by atoms with Gasteiger partial charge in [0.15, 0.2) is 6.10 Å². The normalized spacial score (nSPS) is 12.2. The molecule has 6 heteroatoms. The molecule has 0 heterocycles. The lowest BCUT2D eigenvalue weighted by molar-refractivity contribution is -0.167. The quantitative estimate of drug-likeness (QED) is 0.0262. The number of unbranched alkanes of at least 4 members (excludes halogenated alkanes) is 37. The van der Waals surface area contributed by atoms with E-state index < -0.39 is 6.10 Å². The Hall–Kier alpha value is -2.37. The van der Waals surface area contributed by atoms with Crippen LogP contribution in [-0.2, 0) is 28.6 Å². The van der Waals surface area contributed by atoms with Gasteiger partial charge >= 0.3 is 17.9 Å². The fraction of sp³-hybridized carbons (Fsp3) is 0.852. The summed E-state index contributed by atoms with van der Waals surface area (Å²) in [7, 11) is 0. The van der Waals surface area contributed by atoms with Crippen molar-refractivity contribution in [3.8, 4) is 0 Å². The molecule has 0 aliphatic rings. The number of hydrogen-bond acceptors (Lipinski definition) is 6. The fourth-order valence-electron chi connectivity index (χ4n) is 8.69. The van der Waals surface area contributed by atoms with E-state index >= 15 is 0 Å². The molecule has 0 N–H and O–H groups in total. The summed E-state index contributed by atoms with van der Waals surface area (Å²) in [4.78, 5) is 38.0. The van der Waals surface area contributed by atoms with E-state index in [4.69, 9.17) is 14.2 Å². The van der Waals surface area contributed by atoms with E-state index in [1.165, 1.54) is 205 Å². The predicted molar refractivity (Wildman–Crippen MR) is 289 cm³/mol. The minimum Gasteiger partial charge on any atom is -0.462 e. The Kier molecular flexibility index (Phi) is 54.2. The van der Waals surface area contributed by atoms with Gasteiger partial charge in [-0.05, 0) is 57.8 Å². The summed E-state index contributed by atoms with van der Waals surface area (Å²) in [6.07, 6.45) is 67.3. The van der Waals surface area contributed by atoms with Crippen LogP contribution in [0.4, 0.5) is 0 Å². The zero-order chi connectivity index (χ0) is 48.6. The van der Waals surface area contributed by atoms with Crippen LogP contribution in [-0.4, -0.2) is 37.2 Å². The number of esters is 3. The van der Waals surface area contributed by atoms with Gasteiger partial charge in [-0.3, -0.25) is 14.4 Å². The molecule has 0 bridgehead atoms. The monoisotopic (exact) mass is 941 g/mol. The third kappa shape index (κ3) is 54.4. The van der Waals surface area contributed by atoms with Crippen LogP contribution >= 0.6 is 0 Å². The molecule has 0 saturated carbocycles. The number of carbonyl (C=O) groups is 3. The Balaban J connectivity index is 4.11. The molecule has 6 nitrogen and oxygen atoms in total. The van der Waals surface area contributed by atoms with Crippen LogP contribution < -0.4 is 0 Å². The van der Waals surface area contributed by atoms with Gasteiger partial charge in [0.05, 0.1) is 0 Å². The molecule has 0 aromatic rings. The van der Waals surface area contributed by atoms with Crippen molar-refractivity contribution in [2.75, 3.05) is 13.2 Å². The van der Waals surface area contributed by atoms with E-state index in [2.05, 4.69) is 57.2 Å². The summed E-state index contributed by atoms with van der Waals surface area (Å²) in [5.41, 5.74) is 0. The van der Waals surface area contributed by atoms with E-state index in [1.807, 2.05) is 0 Å². The Morgan fingerprint density at radius 3 is 0.836 bits per heavy atom. The maximum absolute atomic E-state index is 12.8. The van der Waals surface area contributed by atoms with Crippen LogP contribution in [0.1, 0.15) is 316 Å². The maximum Gasteiger partial charge on any atom is 0.306 e.